The van der Waals surface area contributed by atoms with Crippen LogP contribution in [0.3, 0.4) is 0 Å². The molecule has 2 aromatic heterocycles. The van der Waals surface area contributed by atoms with E-state index in [9.17, 15) is 39.6 Å². The van der Waals surface area contributed by atoms with Crippen molar-refractivity contribution < 1.29 is 39.6 Å². The van der Waals surface area contributed by atoms with Gasteiger partial charge in [0.2, 0.25) is 5.91 Å². The largest absolute Gasteiger partial charge is 0.433 e. The first-order chi connectivity index (χ1) is 17.8. The van der Waals surface area contributed by atoms with Crippen LogP contribution in [0.25, 0.3) is 11.3 Å². The van der Waals surface area contributed by atoms with Crippen LogP contribution in [0, 0.1) is 23.5 Å². The Hall–Kier alpha value is -3.48. The summed E-state index contributed by atoms with van der Waals surface area (Å²) >= 11 is 0. The van der Waals surface area contributed by atoms with Crippen LogP contribution < -0.4 is 5.32 Å². The Morgan fingerprint density at radius 1 is 1.05 bits per heavy atom. The third-order valence-electron chi connectivity index (χ3n) is 6.54. The van der Waals surface area contributed by atoms with Crippen molar-refractivity contribution in [3.8, 4) is 11.3 Å². The van der Waals surface area contributed by atoms with Crippen molar-refractivity contribution in [2.75, 3.05) is 0 Å². The van der Waals surface area contributed by atoms with E-state index in [1.54, 1.807) is 0 Å². The fourth-order valence-corrected chi connectivity index (χ4v) is 6.73. The number of carbonyl (C=O) groups is 1. The molecule has 1 N–H and O–H groups in total. The Morgan fingerprint density at radius 2 is 1.74 bits per heavy atom. The van der Waals surface area contributed by atoms with Gasteiger partial charge in [0.25, 0.3) is 0 Å². The number of halogens is 6. The van der Waals surface area contributed by atoms with E-state index in [1.807, 2.05) is 0 Å². The van der Waals surface area contributed by atoms with E-state index in [4.69, 9.17) is 0 Å². The molecule has 1 aliphatic carbocycles. The molecule has 1 saturated carbocycles. The molecule has 13 heteroatoms. The lowest BCUT2D eigenvalue weighted by Crippen LogP contribution is -2.40. The van der Waals surface area contributed by atoms with Crippen molar-refractivity contribution in [1.29, 1.82) is 0 Å². The third kappa shape index (κ3) is 5.52. The third-order valence-corrected chi connectivity index (χ3v) is 8.94. The van der Waals surface area contributed by atoms with Gasteiger partial charge in [-0.25, -0.2) is 21.6 Å². The highest BCUT2D eigenvalue weighted by Crippen LogP contribution is 2.41. The highest BCUT2D eigenvalue weighted by atomic mass is 32.2. The predicted octanol–water partition coefficient (Wildman–Crippen LogP) is 4.89. The van der Waals surface area contributed by atoms with Gasteiger partial charge in [-0.15, -0.1) is 0 Å². The summed E-state index contributed by atoms with van der Waals surface area (Å²) in [6.45, 7) is 0.954. The predicted molar refractivity (Wildman–Crippen MR) is 124 cm³/mol. The fraction of sp³-hybridized carbons (Fsp3) is 0.320. The number of hydrogen-bond acceptors (Lipinski definition) is 5. The summed E-state index contributed by atoms with van der Waals surface area (Å²) in [7, 11) is -4.22. The number of hydrogen-bond donors (Lipinski definition) is 1. The van der Waals surface area contributed by atoms with Crippen LogP contribution in [-0.4, -0.2) is 35.7 Å². The van der Waals surface area contributed by atoms with Crippen LogP contribution in [0.5, 0.6) is 0 Å². The van der Waals surface area contributed by atoms with E-state index in [1.165, 1.54) is 13.0 Å². The van der Waals surface area contributed by atoms with Crippen molar-refractivity contribution in [2.45, 2.75) is 42.4 Å². The standard InChI is InChI=1S/C25H21F6N3O3S/c1-13-19(27)9-18(23(13)38(36,37)17-5-3-16(26)4-6-17)24(35)34-11-15-8-21(32-12-20(15)28)14-2-7-22(33-10-14)25(29,30)31/h2-8,10,12-13,18-19,23H,9,11H2,1H3,(H,34,35)/t13-,18+,19+,23?/m0/s1. The normalized spacial score (nSPS) is 21.9. The smallest absolute Gasteiger partial charge is 0.352 e. The van der Waals surface area contributed by atoms with E-state index in [0.717, 1.165) is 48.8 Å². The summed E-state index contributed by atoms with van der Waals surface area (Å²) in [5.74, 6) is -4.63. The number of aromatic nitrogens is 2. The minimum absolute atomic E-state index is 0.0796. The highest BCUT2D eigenvalue weighted by molar-refractivity contribution is 7.92. The lowest BCUT2D eigenvalue weighted by molar-refractivity contribution is -0.141. The van der Waals surface area contributed by atoms with Crippen molar-refractivity contribution in [2.24, 2.45) is 11.8 Å². The quantitative estimate of drug-likeness (QED) is 0.344. The first-order valence-corrected chi connectivity index (χ1v) is 12.9. The van der Waals surface area contributed by atoms with Gasteiger partial charge in [0.1, 0.15) is 23.5 Å². The number of alkyl halides is 4. The van der Waals surface area contributed by atoms with E-state index in [2.05, 4.69) is 15.3 Å². The summed E-state index contributed by atoms with van der Waals surface area (Å²) in [5, 5.41) is 1.000. The Balaban J connectivity index is 1.53. The zero-order chi connectivity index (χ0) is 27.8. The van der Waals surface area contributed by atoms with Crippen molar-refractivity contribution in [3.63, 3.8) is 0 Å². The maximum Gasteiger partial charge on any atom is 0.433 e. The van der Waals surface area contributed by atoms with Gasteiger partial charge in [0, 0.05) is 29.8 Å². The number of benzene rings is 1. The second-order valence-corrected chi connectivity index (χ2v) is 11.1. The number of carbonyl (C=O) groups excluding carboxylic acids is 1. The minimum atomic E-state index is -4.64. The molecule has 0 spiro atoms. The molecule has 4 atom stereocenters. The molecular formula is C25H21F6N3O3S. The van der Waals surface area contributed by atoms with Gasteiger partial charge in [0.05, 0.1) is 28.0 Å². The number of nitrogens with one attached hydrogen (secondary N) is 1. The van der Waals surface area contributed by atoms with Crippen LogP contribution in [0.15, 0.2) is 59.8 Å². The highest BCUT2D eigenvalue weighted by Gasteiger charge is 2.51. The van der Waals surface area contributed by atoms with Gasteiger partial charge >= 0.3 is 6.18 Å². The molecule has 1 aromatic carbocycles. The van der Waals surface area contributed by atoms with Crippen molar-refractivity contribution >= 4 is 15.7 Å². The first-order valence-electron chi connectivity index (χ1n) is 11.4. The minimum Gasteiger partial charge on any atom is -0.352 e. The molecule has 1 aliphatic rings. The molecule has 1 amide bonds. The average molecular weight is 558 g/mol. The maximum atomic E-state index is 14.6. The fourth-order valence-electron chi connectivity index (χ4n) is 4.50. The van der Waals surface area contributed by atoms with Crippen LogP contribution >= 0.6 is 0 Å². The Labute approximate surface area is 214 Å². The SMILES string of the molecule is C[C@@H]1C(S(=O)(=O)c2ccc(F)cc2)[C@H](C(=O)NCc2cc(-c3ccc(C(F)(F)F)nc3)ncc2F)C[C@H]1F. The Morgan fingerprint density at radius 3 is 2.34 bits per heavy atom. The van der Waals surface area contributed by atoms with Crippen LogP contribution in [-0.2, 0) is 27.4 Å². The number of pyridine rings is 2. The van der Waals surface area contributed by atoms with Crippen molar-refractivity contribution in [1.82, 2.24) is 15.3 Å². The summed E-state index contributed by atoms with van der Waals surface area (Å²) < 4.78 is 107. The summed E-state index contributed by atoms with van der Waals surface area (Å²) in [5.41, 5.74) is -0.935. The molecular weight excluding hydrogens is 536 g/mol. The zero-order valence-corrected chi connectivity index (χ0v) is 20.5. The summed E-state index contributed by atoms with van der Waals surface area (Å²) in [4.78, 5) is 19.9. The molecule has 1 fully saturated rings. The summed E-state index contributed by atoms with van der Waals surface area (Å²) in [6, 6.07) is 7.06. The monoisotopic (exact) mass is 557 g/mol. The lowest BCUT2D eigenvalue weighted by Gasteiger charge is -2.22. The van der Waals surface area contributed by atoms with E-state index in [-0.39, 0.29) is 28.1 Å². The van der Waals surface area contributed by atoms with Crippen molar-refractivity contribution in [3.05, 3.63) is 77.8 Å². The molecule has 4 rings (SSSR count). The molecule has 202 valence electrons. The van der Waals surface area contributed by atoms with Gasteiger partial charge in [-0.2, -0.15) is 13.2 Å². The van der Waals surface area contributed by atoms with Gasteiger partial charge in [-0.3, -0.25) is 14.8 Å². The Bertz CT molecular complexity index is 1430. The first kappa shape index (κ1) is 27.6. The number of nitrogens with zero attached hydrogens (tertiary/aromatic N) is 2. The van der Waals surface area contributed by atoms with Crippen LogP contribution in [0.1, 0.15) is 24.6 Å². The number of sulfone groups is 1. The van der Waals surface area contributed by atoms with E-state index < -0.39 is 69.1 Å². The molecule has 38 heavy (non-hydrogen) atoms. The second-order valence-electron chi connectivity index (χ2n) is 8.99. The molecule has 2 heterocycles. The maximum absolute atomic E-state index is 14.6. The van der Waals surface area contributed by atoms with Crippen LogP contribution in [0.2, 0.25) is 0 Å². The zero-order valence-electron chi connectivity index (χ0n) is 19.7. The average Bonchev–Trinajstić information content (AvgIpc) is 3.18. The van der Waals surface area contributed by atoms with Gasteiger partial charge < -0.3 is 5.32 Å². The van der Waals surface area contributed by atoms with E-state index in [0.29, 0.717) is 0 Å². The molecule has 6 nitrogen and oxygen atoms in total. The topological polar surface area (TPSA) is 89.0 Å². The molecule has 3 aromatic rings. The van der Waals surface area contributed by atoms with Crippen LogP contribution in [0.4, 0.5) is 26.3 Å². The van der Waals surface area contributed by atoms with E-state index >= 15 is 0 Å². The van der Waals surface area contributed by atoms with Gasteiger partial charge in [0.15, 0.2) is 9.84 Å². The number of rotatable bonds is 6. The van der Waals surface area contributed by atoms with Gasteiger partial charge in [-0.1, -0.05) is 6.92 Å². The molecule has 1 unspecified atom stereocenters. The Kier molecular flexibility index (Phi) is 7.51. The lowest BCUT2D eigenvalue weighted by atomic mass is 10.0. The number of amides is 1. The molecule has 0 radical (unpaired) electrons. The molecule has 0 aliphatic heterocycles. The molecule has 0 saturated heterocycles. The molecule has 0 bridgehead atoms. The second kappa shape index (κ2) is 10.4. The van der Waals surface area contributed by atoms with Gasteiger partial charge in [-0.05, 0) is 48.9 Å². The summed E-state index contributed by atoms with van der Waals surface area (Å²) in [6.07, 6.45) is -4.85.